The minimum Gasteiger partial charge on any atom is -0.492 e. The number of aromatic amines is 2. The van der Waals surface area contributed by atoms with Gasteiger partial charge in [-0.3, -0.25) is 14.3 Å². The predicted molar refractivity (Wildman–Crippen MR) is 93.6 cm³/mol. The number of fused-ring (bicyclic) bond motifs is 1. The van der Waals surface area contributed by atoms with E-state index in [1.807, 2.05) is 0 Å². The third-order valence-electron chi connectivity index (χ3n) is 3.44. The molecule has 0 aliphatic carbocycles. The molecular weight excluding hydrogens is 346 g/mol. The lowest BCUT2D eigenvalue weighted by Crippen LogP contribution is -2.29. The molecule has 25 heavy (non-hydrogen) atoms. The van der Waals surface area contributed by atoms with Crippen LogP contribution in [0.3, 0.4) is 0 Å². The number of sulfonamides is 1. The standard InChI is InChI=1S/C16H15N3O5S/c1-2-24-14-6-4-3-5-12(14)19-25(22,23)10-7-8-11-13(9-10)18-16(21)15(20)17-11/h3-9,19H,2H2,1H3,(H,17,20)(H,18,21). The van der Waals surface area contributed by atoms with E-state index in [9.17, 15) is 18.0 Å². The maximum absolute atomic E-state index is 12.6. The SMILES string of the molecule is CCOc1ccccc1NS(=O)(=O)c1ccc2[nH]c(=O)c(=O)[nH]c2c1. The number of aromatic nitrogens is 2. The van der Waals surface area contributed by atoms with Crippen LogP contribution in [0.15, 0.2) is 56.9 Å². The number of anilines is 1. The average Bonchev–Trinajstić information content (AvgIpc) is 2.57. The zero-order valence-electron chi connectivity index (χ0n) is 13.2. The summed E-state index contributed by atoms with van der Waals surface area (Å²) in [5.41, 5.74) is -0.799. The fraction of sp³-hybridized carbons (Fsp3) is 0.125. The summed E-state index contributed by atoms with van der Waals surface area (Å²) in [4.78, 5) is 27.4. The normalized spacial score (nSPS) is 11.4. The van der Waals surface area contributed by atoms with Gasteiger partial charge in [0.05, 0.1) is 28.2 Å². The van der Waals surface area contributed by atoms with Gasteiger partial charge in [0.2, 0.25) is 0 Å². The maximum Gasteiger partial charge on any atom is 0.314 e. The van der Waals surface area contributed by atoms with Crippen LogP contribution in [-0.4, -0.2) is 25.0 Å². The van der Waals surface area contributed by atoms with Crippen molar-refractivity contribution in [3.05, 3.63) is 63.2 Å². The molecule has 0 spiro atoms. The van der Waals surface area contributed by atoms with Crippen LogP contribution in [-0.2, 0) is 10.0 Å². The number of rotatable bonds is 5. The van der Waals surface area contributed by atoms with Crippen LogP contribution in [0, 0.1) is 0 Å². The number of hydrogen-bond donors (Lipinski definition) is 3. The minimum absolute atomic E-state index is 0.0611. The van der Waals surface area contributed by atoms with Gasteiger partial charge < -0.3 is 14.7 Å². The fourth-order valence-electron chi connectivity index (χ4n) is 2.30. The van der Waals surface area contributed by atoms with Crippen molar-refractivity contribution in [2.75, 3.05) is 11.3 Å². The summed E-state index contributed by atoms with van der Waals surface area (Å²) in [6, 6.07) is 10.7. The molecule has 0 atom stereocenters. The second-order valence-electron chi connectivity index (χ2n) is 5.15. The van der Waals surface area contributed by atoms with Crippen molar-refractivity contribution in [1.29, 1.82) is 0 Å². The van der Waals surface area contributed by atoms with E-state index in [-0.39, 0.29) is 10.4 Å². The molecule has 0 saturated heterocycles. The average molecular weight is 361 g/mol. The fourth-order valence-corrected chi connectivity index (χ4v) is 3.39. The van der Waals surface area contributed by atoms with Crippen molar-refractivity contribution in [3.8, 4) is 5.75 Å². The van der Waals surface area contributed by atoms with Gasteiger partial charge in [0, 0.05) is 0 Å². The molecule has 0 aliphatic heterocycles. The van der Waals surface area contributed by atoms with Gasteiger partial charge in [-0.15, -0.1) is 0 Å². The van der Waals surface area contributed by atoms with Crippen molar-refractivity contribution in [1.82, 2.24) is 9.97 Å². The lowest BCUT2D eigenvalue weighted by molar-refractivity contribution is 0.342. The number of benzene rings is 2. The number of hydrogen-bond acceptors (Lipinski definition) is 5. The maximum atomic E-state index is 12.6. The summed E-state index contributed by atoms with van der Waals surface area (Å²) in [5, 5.41) is 0. The van der Waals surface area contributed by atoms with Crippen molar-refractivity contribution in [3.63, 3.8) is 0 Å². The predicted octanol–water partition coefficient (Wildman–Crippen LogP) is 1.42. The van der Waals surface area contributed by atoms with Crippen LogP contribution in [0.5, 0.6) is 5.75 Å². The Morgan fingerprint density at radius 2 is 1.68 bits per heavy atom. The van der Waals surface area contributed by atoms with Crippen LogP contribution in [0.25, 0.3) is 11.0 Å². The van der Waals surface area contributed by atoms with Crippen molar-refractivity contribution < 1.29 is 13.2 Å². The monoisotopic (exact) mass is 361 g/mol. The minimum atomic E-state index is -3.91. The Labute approximate surface area is 142 Å². The Morgan fingerprint density at radius 1 is 1.00 bits per heavy atom. The van der Waals surface area contributed by atoms with Crippen molar-refractivity contribution >= 4 is 26.7 Å². The van der Waals surface area contributed by atoms with E-state index in [1.54, 1.807) is 31.2 Å². The van der Waals surface area contributed by atoms with Crippen LogP contribution < -0.4 is 20.6 Å². The molecule has 0 unspecified atom stereocenters. The molecule has 8 nitrogen and oxygen atoms in total. The first kappa shape index (κ1) is 16.8. The molecule has 0 bridgehead atoms. The molecule has 0 fully saturated rings. The number of nitrogens with one attached hydrogen (secondary N) is 3. The van der Waals surface area contributed by atoms with Gasteiger partial charge in [0.1, 0.15) is 5.75 Å². The topological polar surface area (TPSA) is 121 Å². The first-order valence-corrected chi connectivity index (χ1v) is 8.90. The Hall–Kier alpha value is -3.07. The molecular formula is C16H15N3O5S. The van der Waals surface area contributed by atoms with Gasteiger partial charge in [0.15, 0.2) is 0 Å². The molecule has 3 aromatic rings. The van der Waals surface area contributed by atoms with E-state index in [4.69, 9.17) is 4.74 Å². The summed E-state index contributed by atoms with van der Waals surface area (Å²) < 4.78 is 33.1. The van der Waals surface area contributed by atoms with Gasteiger partial charge in [-0.2, -0.15) is 0 Å². The molecule has 0 radical (unpaired) electrons. The third kappa shape index (κ3) is 3.41. The van der Waals surface area contributed by atoms with Gasteiger partial charge in [0.25, 0.3) is 10.0 Å². The van der Waals surface area contributed by atoms with Crippen molar-refractivity contribution in [2.45, 2.75) is 11.8 Å². The van der Waals surface area contributed by atoms with Gasteiger partial charge in [-0.05, 0) is 37.3 Å². The van der Waals surface area contributed by atoms with Gasteiger partial charge >= 0.3 is 11.1 Å². The van der Waals surface area contributed by atoms with E-state index < -0.39 is 21.1 Å². The second-order valence-corrected chi connectivity index (χ2v) is 6.83. The summed E-state index contributed by atoms with van der Waals surface area (Å²) in [7, 11) is -3.91. The highest BCUT2D eigenvalue weighted by atomic mass is 32.2. The largest absolute Gasteiger partial charge is 0.492 e. The summed E-state index contributed by atoms with van der Waals surface area (Å²) in [6.07, 6.45) is 0. The molecule has 1 aromatic heterocycles. The third-order valence-corrected chi connectivity index (χ3v) is 4.80. The molecule has 0 saturated carbocycles. The highest BCUT2D eigenvalue weighted by molar-refractivity contribution is 7.92. The van der Waals surface area contributed by atoms with Gasteiger partial charge in [-0.1, -0.05) is 12.1 Å². The van der Waals surface area contributed by atoms with Gasteiger partial charge in [-0.25, -0.2) is 8.42 Å². The zero-order valence-corrected chi connectivity index (χ0v) is 14.0. The Morgan fingerprint density at radius 3 is 2.40 bits per heavy atom. The Bertz CT molecular complexity index is 1150. The summed E-state index contributed by atoms with van der Waals surface area (Å²) in [6.45, 7) is 2.19. The van der Waals surface area contributed by atoms with Crippen molar-refractivity contribution in [2.24, 2.45) is 0 Å². The molecule has 2 aromatic carbocycles. The molecule has 130 valence electrons. The molecule has 3 rings (SSSR count). The van der Waals surface area contributed by atoms with E-state index in [2.05, 4.69) is 14.7 Å². The number of ether oxygens (including phenoxy) is 1. The summed E-state index contributed by atoms with van der Waals surface area (Å²) >= 11 is 0. The van der Waals surface area contributed by atoms with E-state index in [1.165, 1.54) is 18.2 Å². The van der Waals surface area contributed by atoms with E-state index in [0.29, 0.717) is 23.6 Å². The number of para-hydroxylation sites is 2. The quantitative estimate of drug-likeness (QED) is 0.593. The zero-order chi connectivity index (χ0) is 18.0. The van der Waals surface area contributed by atoms with Crippen LogP contribution >= 0.6 is 0 Å². The highest BCUT2D eigenvalue weighted by Gasteiger charge is 2.17. The first-order valence-electron chi connectivity index (χ1n) is 7.42. The van der Waals surface area contributed by atoms with Crippen LogP contribution in [0.1, 0.15) is 6.92 Å². The first-order chi connectivity index (χ1) is 11.9. The molecule has 9 heteroatoms. The van der Waals surface area contributed by atoms with Crippen LogP contribution in [0.2, 0.25) is 0 Å². The highest BCUT2D eigenvalue weighted by Crippen LogP contribution is 2.27. The van der Waals surface area contributed by atoms with Crippen LogP contribution in [0.4, 0.5) is 5.69 Å². The second kappa shape index (κ2) is 6.44. The van der Waals surface area contributed by atoms with E-state index >= 15 is 0 Å². The smallest absolute Gasteiger partial charge is 0.314 e. The Kier molecular flexibility index (Phi) is 4.32. The van der Waals surface area contributed by atoms with E-state index in [0.717, 1.165) is 0 Å². The molecule has 0 amide bonds. The number of H-pyrrole nitrogens is 2. The molecule has 3 N–H and O–H groups in total. The summed E-state index contributed by atoms with van der Waals surface area (Å²) in [5.74, 6) is 0.409. The molecule has 1 heterocycles. The molecule has 0 aliphatic rings. The lowest BCUT2D eigenvalue weighted by atomic mass is 10.3. The lowest BCUT2D eigenvalue weighted by Gasteiger charge is -2.13. The Balaban J connectivity index is 2.03.